The second kappa shape index (κ2) is 10.4. The van der Waals surface area contributed by atoms with E-state index in [4.69, 9.17) is 28.2 Å². The fraction of sp³-hybridized carbons (Fsp3) is 0.520. The van der Waals surface area contributed by atoms with Crippen LogP contribution in [0.25, 0.3) is 11.2 Å². The van der Waals surface area contributed by atoms with E-state index in [0.29, 0.717) is 39.6 Å². The highest BCUT2D eigenvalue weighted by atomic mass is 35.5. The molecule has 0 amide bonds. The van der Waals surface area contributed by atoms with Gasteiger partial charge in [0.05, 0.1) is 18.0 Å². The number of hydrogen-bond acceptors (Lipinski definition) is 8. The van der Waals surface area contributed by atoms with Crippen molar-refractivity contribution in [2.24, 2.45) is 11.8 Å². The fourth-order valence-electron chi connectivity index (χ4n) is 5.34. The lowest BCUT2D eigenvalue weighted by molar-refractivity contribution is 0.125. The summed E-state index contributed by atoms with van der Waals surface area (Å²) < 4.78 is 24.8. The molecule has 196 valence electrons. The molecule has 9 nitrogen and oxygen atoms in total. The second-order valence-corrected chi connectivity index (χ2v) is 13.2. The summed E-state index contributed by atoms with van der Waals surface area (Å²) in [7, 11) is -2.95. The van der Waals surface area contributed by atoms with Crippen molar-refractivity contribution in [1.29, 1.82) is 5.26 Å². The highest BCUT2D eigenvalue weighted by molar-refractivity contribution is 7.90. The normalized spacial score (nSPS) is 20.1. The third-order valence-corrected chi connectivity index (χ3v) is 8.98. The Hall–Kier alpha value is -2.45. The van der Waals surface area contributed by atoms with Crippen molar-refractivity contribution in [2.45, 2.75) is 25.8 Å². The Morgan fingerprint density at radius 3 is 2.70 bits per heavy atom. The number of fused-ring (bicyclic) bond motifs is 1. The second-order valence-electron chi connectivity index (χ2n) is 10.1. The summed E-state index contributed by atoms with van der Waals surface area (Å²) in [4.78, 5) is 13.9. The maximum absolute atomic E-state index is 11.6. The van der Waals surface area contributed by atoms with Crippen molar-refractivity contribution in [3.8, 4) is 6.07 Å². The average Bonchev–Trinajstić information content (AvgIpc) is 3.19. The fourth-order valence-corrected chi connectivity index (χ4v) is 6.50. The monoisotopic (exact) mass is 561 g/mol. The van der Waals surface area contributed by atoms with Crippen LogP contribution in [-0.2, 0) is 9.84 Å². The first kappa shape index (κ1) is 26.2. The third kappa shape index (κ3) is 5.55. The van der Waals surface area contributed by atoms with Crippen molar-refractivity contribution >= 4 is 50.0 Å². The van der Waals surface area contributed by atoms with E-state index in [1.54, 1.807) is 23.0 Å². The minimum Gasteiger partial charge on any atom is -0.355 e. The van der Waals surface area contributed by atoms with Crippen molar-refractivity contribution in [1.82, 2.24) is 24.6 Å². The molecule has 5 rings (SSSR count). The Labute approximate surface area is 226 Å². The first-order chi connectivity index (χ1) is 17.6. The van der Waals surface area contributed by atoms with Crippen molar-refractivity contribution < 1.29 is 8.42 Å². The topological polar surface area (TPSA) is 108 Å². The number of nitrogens with zero attached hydrogens (tertiary/aromatic N) is 7. The molecule has 4 heterocycles. The predicted molar refractivity (Wildman–Crippen MR) is 145 cm³/mol. The van der Waals surface area contributed by atoms with E-state index in [2.05, 4.69) is 26.0 Å². The van der Waals surface area contributed by atoms with E-state index >= 15 is 0 Å². The van der Waals surface area contributed by atoms with Crippen LogP contribution in [0.5, 0.6) is 0 Å². The molecule has 2 atom stereocenters. The number of likely N-dealkylation sites (tertiary alicyclic amines) is 1. The van der Waals surface area contributed by atoms with Gasteiger partial charge in [-0.15, -0.1) is 0 Å². The van der Waals surface area contributed by atoms with Crippen LogP contribution >= 0.6 is 23.2 Å². The number of sulfone groups is 1. The molecule has 2 aliphatic rings. The maximum atomic E-state index is 11.6. The van der Waals surface area contributed by atoms with E-state index in [1.807, 2.05) is 13.0 Å². The van der Waals surface area contributed by atoms with Gasteiger partial charge in [0.15, 0.2) is 11.3 Å². The van der Waals surface area contributed by atoms with Crippen molar-refractivity contribution in [3.63, 3.8) is 0 Å². The molecule has 0 radical (unpaired) electrons. The van der Waals surface area contributed by atoms with Crippen LogP contribution < -0.4 is 4.90 Å². The van der Waals surface area contributed by atoms with Gasteiger partial charge >= 0.3 is 0 Å². The van der Waals surface area contributed by atoms with Crippen molar-refractivity contribution in [2.75, 3.05) is 49.6 Å². The lowest BCUT2D eigenvalue weighted by atomic mass is 9.80. The number of halogens is 2. The Kier molecular flexibility index (Phi) is 7.33. The van der Waals surface area contributed by atoms with Crippen LogP contribution in [0, 0.1) is 23.2 Å². The molecular formula is C25H29Cl2N7O2S. The maximum Gasteiger partial charge on any atom is 0.190 e. The number of rotatable bonds is 7. The van der Waals surface area contributed by atoms with E-state index < -0.39 is 9.84 Å². The highest BCUT2D eigenvalue weighted by Crippen LogP contribution is 2.35. The van der Waals surface area contributed by atoms with Crippen LogP contribution in [0.2, 0.25) is 10.0 Å². The lowest BCUT2D eigenvalue weighted by Crippen LogP contribution is -2.54. The number of piperidine rings is 1. The van der Waals surface area contributed by atoms with Gasteiger partial charge in [-0.2, -0.15) is 10.4 Å². The molecule has 2 saturated heterocycles. The molecule has 1 aromatic carbocycles. The molecule has 37 heavy (non-hydrogen) atoms. The summed E-state index contributed by atoms with van der Waals surface area (Å²) >= 11 is 12.5. The van der Waals surface area contributed by atoms with Gasteiger partial charge in [0.1, 0.15) is 27.2 Å². The molecule has 2 aliphatic heterocycles. The molecular weight excluding hydrogens is 533 g/mol. The number of benzene rings is 1. The molecule has 2 fully saturated rings. The molecule has 0 unspecified atom stereocenters. The Bertz CT molecular complexity index is 1460. The van der Waals surface area contributed by atoms with Crippen LogP contribution in [-0.4, -0.2) is 77.8 Å². The molecule has 0 aliphatic carbocycles. The summed E-state index contributed by atoms with van der Waals surface area (Å²) in [6.45, 7) is 6.22. The van der Waals surface area contributed by atoms with E-state index in [-0.39, 0.29) is 17.5 Å². The first-order valence-corrected chi connectivity index (χ1v) is 15.2. The zero-order valence-electron chi connectivity index (χ0n) is 20.8. The number of anilines is 1. The predicted octanol–water partition coefficient (Wildman–Crippen LogP) is 3.81. The number of aromatic nitrogens is 4. The minimum absolute atomic E-state index is 0.212. The standard InChI is InChI=1S/C25H29Cl2N7O2S/c1-16(20-6-5-19(26)10-21(20)27)34-25-24(22(11-28)31-34)29-12-23(30-25)33-14-18(15-33)17-4-3-7-32(13-17)8-9-37(2,35)36/h5-6,10,12,16-18H,3-4,7-9,13-15H2,1-2H3/t16-,17+/m1/s1. The average molecular weight is 563 g/mol. The van der Waals surface area contributed by atoms with Gasteiger partial charge in [0.25, 0.3) is 0 Å². The number of nitriles is 1. The van der Waals surface area contributed by atoms with Crippen LogP contribution in [0.15, 0.2) is 24.4 Å². The molecule has 12 heteroatoms. The van der Waals surface area contributed by atoms with Gasteiger partial charge in [-0.3, -0.25) is 0 Å². The lowest BCUT2D eigenvalue weighted by Gasteiger charge is -2.47. The van der Waals surface area contributed by atoms with Crippen LogP contribution in [0.4, 0.5) is 5.82 Å². The largest absolute Gasteiger partial charge is 0.355 e. The number of hydrogen-bond donors (Lipinski definition) is 0. The molecule has 3 aromatic rings. The quantitative estimate of drug-likeness (QED) is 0.428. The summed E-state index contributed by atoms with van der Waals surface area (Å²) in [6.07, 6.45) is 5.27. The summed E-state index contributed by atoms with van der Waals surface area (Å²) in [5, 5.41) is 15.2. The van der Waals surface area contributed by atoms with Gasteiger partial charge in [-0.05, 0) is 55.8 Å². The van der Waals surface area contributed by atoms with Gasteiger partial charge in [0, 0.05) is 42.5 Å². The van der Waals surface area contributed by atoms with Crippen LogP contribution in [0.3, 0.4) is 0 Å². The summed E-state index contributed by atoms with van der Waals surface area (Å²) in [5.74, 6) is 2.05. The van der Waals surface area contributed by atoms with E-state index in [0.717, 1.165) is 50.4 Å². The van der Waals surface area contributed by atoms with Gasteiger partial charge in [-0.1, -0.05) is 29.3 Å². The van der Waals surface area contributed by atoms with Gasteiger partial charge in [0.2, 0.25) is 0 Å². The summed E-state index contributed by atoms with van der Waals surface area (Å²) in [5.41, 5.74) is 2.06. The molecule has 2 aromatic heterocycles. The zero-order chi connectivity index (χ0) is 26.3. The van der Waals surface area contributed by atoms with Gasteiger partial charge in [-0.25, -0.2) is 23.1 Å². The van der Waals surface area contributed by atoms with Gasteiger partial charge < -0.3 is 9.80 Å². The van der Waals surface area contributed by atoms with Crippen LogP contribution in [0.1, 0.15) is 37.1 Å². The molecule has 0 spiro atoms. The Balaban J connectivity index is 1.32. The zero-order valence-corrected chi connectivity index (χ0v) is 23.1. The minimum atomic E-state index is -2.95. The van der Waals surface area contributed by atoms with E-state index in [1.165, 1.54) is 6.26 Å². The molecule has 0 saturated carbocycles. The Morgan fingerprint density at radius 2 is 2.00 bits per heavy atom. The van der Waals surface area contributed by atoms with Crippen molar-refractivity contribution in [3.05, 3.63) is 45.7 Å². The SMILES string of the molecule is C[C@H](c1ccc(Cl)cc1Cl)n1nc(C#N)c2ncc(N3CC([C@H]4CCCN(CCS(C)(=O)=O)C4)C3)nc21. The molecule has 0 bridgehead atoms. The third-order valence-electron chi connectivity index (χ3n) is 7.50. The smallest absolute Gasteiger partial charge is 0.190 e. The van der Waals surface area contributed by atoms with E-state index in [9.17, 15) is 13.7 Å². The summed E-state index contributed by atoms with van der Waals surface area (Å²) in [6, 6.07) is 7.18. The molecule has 0 N–H and O–H groups in total. The highest BCUT2D eigenvalue weighted by Gasteiger charge is 2.37. The first-order valence-electron chi connectivity index (χ1n) is 12.4. The Morgan fingerprint density at radius 1 is 1.22 bits per heavy atom.